The van der Waals surface area contributed by atoms with Crippen molar-refractivity contribution in [2.24, 2.45) is 17.1 Å². The van der Waals surface area contributed by atoms with Crippen molar-refractivity contribution >= 4 is 5.91 Å². The summed E-state index contributed by atoms with van der Waals surface area (Å²) in [5.41, 5.74) is 6.57. The number of ether oxygens (including phenoxy) is 1. The smallest absolute Gasteiger partial charge is 0.230 e. The molecule has 2 fully saturated rings. The monoisotopic (exact) mass is 334 g/mol. The molecule has 0 atom stereocenters. The molecule has 0 bridgehead atoms. The van der Waals surface area contributed by atoms with E-state index in [1.54, 1.807) is 12.1 Å². The zero-order chi connectivity index (χ0) is 17.0. The molecule has 2 saturated heterocycles. The van der Waals surface area contributed by atoms with Crippen LogP contribution in [0.2, 0.25) is 0 Å². The van der Waals surface area contributed by atoms with Crippen LogP contribution in [0.15, 0.2) is 24.3 Å². The molecule has 2 N–H and O–H groups in total. The second kappa shape index (κ2) is 7.62. The maximum Gasteiger partial charge on any atom is 0.230 e. The van der Waals surface area contributed by atoms with Crippen molar-refractivity contribution in [3.8, 4) is 0 Å². The highest BCUT2D eigenvalue weighted by molar-refractivity contribution is 5.83. The number of likely N-dealkylation sites (tertiary alicyclic amines) is 1. The number of benzene rings is 1. The lowest BCUT2D eigenvalue weighted by Crippen LogP contribution is -2.52. The topological polar surface area (TPSA) is 55.6 Å². The Hall–Kier alpha value is -1.46. The molecule has 0 aliphatic carbocycles. The van der Waals surface area contributed by atoms with Gasteiger partial charge in [0.1, 0.15) is 5.82 Å². The maximum absolute atomic E-state index is 13.3. The second-order valence-corrected chi connectivity index (χ2v) is 7.17. The van der Waals surface area contributed by atoms with Crippen molar-refractivity contribution in [3.63, 3.8) is 0 Å². The number of amides is 1. The van der Waals surface area contributed by atoms with Gasteiger partial charge in [-0.2, -0.15) is 0 Å². The highest BCUT2D eigenvalue weighted by Gasteiger charge is 2.42. The molecular formula is C19H27FN2O2. The lowest BCUT2D eigenvalue weighted by molar-refractivity contribution is -0.148. The number of carbonyl (C=O) groups is 1. The minimum Gasteiger partial charge on any atom is -0.381 e. The molecule has 0 aromatic heterocycles. The number of carbonyl (C=O) groups excluding carboxylic acids is 1. The van der Waals surface area contributed by atoms with Crippen LogP contribution in [0.25, 0.3) is 0 Å². The molecule has 2 aliphatic rings. The third-order valence-electron chi connectivity index (χ3n) is 5.61. The fourth-order valence-corrected chi connectivity index (χ4v) is 3.94. The summed E-state index contributed by atoms with van der Waals surface area (Å²) in [6, 6.07) is 6.83. The van der Waals surface area contributed by atoms with Crippen LogP contribution >= 0.6 is 0 Å². The van der Waals surface area contributed by atoms with Gasteiger partial charge in [-0.3, -0.25) is 4.79 Å². The molecular weight excluding hydrogens is 307 g/mol. The maximum atomic E-state index is 13.3. The van der Waals surface area contributed by atoms with E-state index in [-0.39, 0.29) is 11.7 Å². The van der Waals surface area contributed by atoms with Crippen LogP contribution in [0.3, 0.4) is 0 Å². The van der Waals surface area contributed by atoms with Gasteiger partial charge in [-0.25, -0.2) is 4.39 Å². The van der Waals surface area contributed by atoms with E-state index in [4.69, 9.17) is 10.5 Å². The zero-order valence-corrected chi connectivity index (χ0v) is 14.2. The highest BCUT2D eigenvalue weighted by Crippen LogP contribution is 2.33. The first-order valence-corrected chi connectivity index (χ1v) is 8.95. The molecule has 5 heteroatoms. The number of piperidine rings is 1. The van der Waals surface area contributed by atoms with E-state index in [0.717, 1.165) is 50.8 Å². The first-order chi connectivity index (χ1) is 11.6. The first-order valence-electron chi connectivity index (χ1n) is 8.95. The molecule has 0 unspecified atom stereocenters. The molecule has 24 heavy (non-hydrogen) atoms. The van der Waals surface area contributed by atoms with Gasteiger partial charge in [0.15, 0.2) is 0 Å². The Labute approximate surface area is 143 Å². The predicted octanol–water partition coefficient (Wildman–Crippen LogP) is 2.36. The Balaban J connectivity index is 1.55. The number of hydrogen-bond acceptors (Lipinski definition) is 3. The van der Waals surface area contributed by atoms with Crippen LogP contribution in [-0.4, -0.2) is 43.7 Å². The van der Waals surface area contributed by atoms with Crippen LogP contribution in [0.4, 0.5) is 4.39 Å². The van der Waals surface area contributed by atoms with Crippen LogP contribution in [0.1, 0.15) is 31.2 Å². The average Bonchev–Trinajstić information content (AvgIpc) is 2.62. The molecule has 0 spiro atoms. The van der Waals surface area contributed by atoms with Gasteiger partial charge in [0.05, 0.1) is 5.41 Å². The minimum absolute atomic E-state index is 0.176. The van der Waals surface area contributed by atoms with Gasteiger partial charge in [-0.15, -0.1) is 0 Å². The molecule has 4 nitrogen and oxygen atoms in total. The lowest BCUT2D eigenvalue weighted by Gasteiger charge is -2.41. The number of hydrogen-bond donors (Lipinski definition) is 1. The lowest BCUT2D eigenvalue weighted by atomic mass is 9.78. The van der Waals surface area contributed by atoms with E-state index in [1.807, 2.05) is 11.0 Å². The van der Waals surface area contributed by atoms with E-state index >= 15 is 0 Å². The Bertz CT molecular complexity index is 564. The molecule has 0 saturated carbocycles. The summed E-state index contributed by atoms with van der Waals surface area (Å²) in [4.78, 5) is 14.9. The van der Waals surface area contributed by atoms with Crippen molar-refractivity contribution in [2.45, 2.75) is 32.1 Å². The normalized spacial score (nSPS) is 21.7. The van der Waals surface area contributed by atoms with E-state index in [1.165, 1.54) is 6.07 Å². The Morgan fingerprint density at radius 1 is 1.29 bits per heavy atom. The Morgan fingerprint density at radius 3 is 2.62 bits per heavy atom. The molecule has 1 amide bonds. The standard InChI is InChI=1S/C19H27FN2O2/c20-17-3-1-2-16(13-17)12-15-4-8-22(9-5-15)18(23)19(14-21)6-10-24-11-7-19/h1-3,13,15H,4-12,14,21H2. The Kier molecular flexibility index (Phi) is 5.51. The molecule has 1 aromatic carbocycles. The van der Waals surface area contributed by atoms with Crippen LogP contribution in [-0.2, 0) is 16.0 Å². The van der Waals surface area contributed by atoms with Crippen molar-refractivity contribution in [2.75, 3.05) is 32.8 Å². The third kappa shape index (κ3) is 3.78. The van der Waals surface area contributed by atoms with Crippen molar-refractivity contribution in [3.05, 3.63) is 35.6 Å². The zero-order valence-electron chi connectivity index (χ0n) is 14.2. The number of halogens is 1. The van der Waals surface area contributed by atoms with E-state index in [2.05, 4.69) is 0 Å². The fourth-order valence-electron chi connectivity index (χ4n) is 3.94. The number of nitrogens with zero attached hydrogens (tertiary/aromatic N) is 1. The van der Waals surface area contributed by atoms with Crippen LogP contribution in [0.5, 0.6) is 0 Å². The van der Waals surface area contributed by atoms with Gasteiger partial charge >= 0.3 is 0 Å². The van der Waals surface area contributed by atoms with Gasteiger partial charge in [0, 0.05) is 32.8 Å². The summed E-state index contributed by atoms with van der Waals surface area (Å²) in [7, 11) is 0. The molecule has 2 heterocycles. The SMILES string of the molecule is NCC1(C(=O)N2CCC(Cc3cccc(F)c3)CC2)CCOCC1. The molecule has 0 radical (unpaired) electrons. The summed E-state index contributed by atoms with van der Waals surface area (Å²) in [6.07, 6.45) is 4.28. The molecule has 3 rings (SSSR count). The fraction of sp³-hybridized carbons (Fsp3) is 0.632. The summed E-state index contributed by atoms with van der Waals surface area (Å²) < 4.78 is 18.7. The summed E-state index contributed by atoms with van der Waals surface area (Å²) >= 11 is 0. The second-order valence-electron chi connectivity index (χ2n) is 7.17. The number of rotatable bonds is 4. The van der Waals surface area contributed by atoms with Gasteiger partial charge in [-0.05, 0) is 55.7 Å². The van der Waals surface area contributed by atoms with Crippen molar-refractivity contribution < 1.29 is 13.9 Å². The van der Waals surface area contributed by atoms with Crippen molar-refractivity contribution in [1.29, 1.82) is 0 Å². The third-order valence-corrected chi connectivity index (χ3v) is 5.61. The first kappa shape index (κ1) is 17.4. The summed E-state index contributed by atoms with van der Waals surface area (Å²) in [5.74, 6) is 0.543. The van der Waals surface area contributed by atoms with E-state index in [9.17, 15) is 9.18 Å². The largest absolute Gasteiger partial charge is 0.381 e. The van der Waals surface area contributed by atoms with E-state index < -0.39 is 5.41 Å². The minimum atomic E-state index is -0.423. The van der Waals surface area contributed by atoms with Gasteiger partial charge < -0.3 is 15.4 Å². The Morgan fingerprint density at radius 2 is 2.00 bits per heavy atom. The molecule has 1 aromatic rings. The quantitative estimate of drug-likeness (QED) is 0.920. The number of nitrogens with two attached hydrogens (primary N) is 1. The molecule has 2 aliphatic heterocycles. The summed E-state index contributed by atoms with van der Waals surface area (Å²) in [5, 5.41) is 0. The van der Waals surface area contributed by atoms with Gasteiger partial charge in [0.2, 0.25) is 5.91 Å². The predicted molar refractivity (Wildman–Crippen MR) is 90.9 cm³/mol. The van der Waals surface area contributed by atoms with Gasteiger partial charge in [0.25, 0.3) is 0 Å². The average molecular weight is 334 g/mol. The van der Waals surface area contributed by atoms with E-state index in [0.29, 0.717) is 25.7 Å². The van der Waals surface area contributed by atoms with Gasteiger partial charge in [-0.1, -0.05) is 12.1 Å². The van der Waals surface area contributed by atoms with Crippen LogP contribution < -0.4 is 5.73 Å². The molecule has 132 valence electrons. The highest BCUT2D eigenvalue weighted by atomic mass is 19.1. The summed E-state index contributed by atoms with van der Waals surface area (Å²) in [6.45, 7) is 3.21. The van der Waals surface area contributed by atoms with Crippen LogP contribution in [0, 0.1) is 17.2 Å². The van der Waals surface area contributed by atoms with Crippen molar-refractivity contribution in [1.82, 2.24) is 4.90 Å².